The number of ether oxygens (including phenoxy) is 1. The smallest absolute Gasteiger partial charge is 0.315 e. The summed E-state index contributed by atoms with van der Waals surface area (Å²) < 4.78 is 4.88. The van der Waals surface area contributed by atoms with Crippen LogP contribution in [0.15, 0.2) is 23.3 Å². The van der Waals surface area contributed by atoms with Gasteiger partial charge < -0.3 is 4.74 Å². The highest BCUT2D eigenvalue weighted by Gasteiger charge is 1.96. The minimum Gasteiger partial charge on any atom is -0.461 e. The van der Waals surface area contributed by atoms with Gasteiger partial charge in [-0.25, -0.2) is 0 Å². The lowest BCUT2D eigenvalue weighted by Crippen LogP contribution is -2.05. The van der Waals surface area contributed by atoms with E-state index in [2.05, 4.69) is 32.6 Å². The van der Waals surface area contributed by atoms with Crippen molar-refractivity contribution in [3.63, 3.8) is 0 Å². The van der Waals surface area contributed by atoms with Gasteiger partial charge >= 0.3 is 5.97 Å². The zero-order chi connectivity index (χ0) is 11.7. The zero-order valence-electron chi connectivity index (χ0n) is 9.75. The summed E-state index contributed by atoms with van der Waals surface area (Å²) in [6, 6.07) is 0. The monoisotopic (exact) mass is 228 g/mol. The third kappa shape index (κ3) is 9.60. The quantitative estimate of drug-likeness (QED) is 0.429. The molecule has 0 aliphatic carbocycles. The summed E-state index contributed by atoms with van der Waals surface area (Å²) in [6.07, 6.45) is 6.21. The molecule has 0 saturated carbocycles. The molecule has 15 heavy (non-hydrogen) atoms. The van der Waals surface area contributed by atoms with Crippen LogP contribution in [0.3, 0.4) is 0 Å². The first kappa shape index (κ1) is 14.3. The molecular formula is C12H20O2S. The number of rotatable bonds is 6. The normalized spacial score (nSPS) is 11.1. The second-order valence-electron chi connectivity index (χ2n) is 3.71. The van der Waals surface area contributed by atoms with E-state index in [0.29, 0.717) is 6.61 Å². The molecule has 0 N–H and O–H groups in total. The first-order valence-electron chi connectivity index (χ1n) is 5.11. The molecule has 0 heterocycles. The number of thiol groups is 1. The van der Waals surface area contributed by atoms with Crippen LogP contribution in [0.1, 0.15) is 33.6 Å². The summed E-state index contributed by atoms with van der Waals surface area (Å²) in [7, 11) is 0. The van der Waals surface area contributed by atoms with E-state index in [1.54, 1.807) is 0 Å². The average Bonchev–Trinajstić information content (AvgIpc) is 2.17. The van der Waals surface area contributed by atoms with Crippen LogP contribution >= 0.6 is 12.6 Å². The van der Waals surface area contributed by atoms with Crippen LogP contribution in [0.25, 0.3) is 0 Å². The Hall–Kier alpha value is -0.700. The summed E-state index contributed by atoms with van der Waals surface area (Å²) >= 11 is 3.82. The predicted molar refractivity (Wildman–Crippen MR) is 67.2 cm³/mol. The van der Waals surface area contributed by atoms with E-state index in [-0.39, 0.29) is 11.7 Å². The van der Waals surface area contributed by atoms with Gasteiger partial charge in [0.05, 0.1) is 5.75 Å². The highest BCUT2D eigenvalue weighted by molar-refractivity contribution is 7.81. The topological polar surface area (TPSA) is 26.3 Å². The molecule has 0 atom stereocenters. The average molecular weight is 228 g/mol. The summed E-state index contributed by atoms with van der Waals surface area (Å²) in [4.78, 5) is 10.8. The van der Waals surface area contributed by atoms with Gasteiger partial charge in [-0.1, -0.05) is 17.2 Å². The van der Waals surface area contributed by atoms with Gasteiger partial charge in [0.1, 0.15) is 6.61 Å². The van der Waals surface area contributed by atoms with E-state index in [9.17, 15) is 4.79 Å². The zero-order valence-corrected chi connectivity index (χ0v) is 10.6. The molecule has 0 amide bonds. The number of allylic oxidation sites excluding steroid dienone is 3. The number of esters is 1. The molecule has 0 radical (unpaired) electrons. The molecule has 0 bridgehead atoms. The highest BCUT2D eigenvalue weighted by Crippen LogP contribution is 2.06. The molecule has 0 saturated heterocycles. The van der Waals surface area contributed by atoms with Gasteiger partial charge in [0.25, 0.3) is 0 Å². The lowest BCUT2D eigenvalue weighted by atomic mass is 10.1. The van der Waals surface area contributed by atoms with Gasteiger partial charge in [-0.05, 0) is 39.7 Å². The van der Waals surface area contributed by atoms with Crippen molar-refractivity contribution in [2.75, 3.05) is 12.4 Å². The van der Waals surface area contributed by atoms with E-state index >= 15 is 0 Å². The molecular weight excluding hydrogens is 208 g/mol. The first-order valence-corrected chi connectivity index (χ1v) is 5.75. The maximum Gasteiger partial charge on any atom is 0.315 e. The van der Waals surface area contributed by atoms with E-state index in [0.717, 1.165) is 12.8 Å². The minimum atomic E-state index is -0.272. The van der Waals surface area contributed by atoms with Gasteiger partial charge in [0.2, 0.25) is 0 Å². The Morgan fingerprint density at radius 3 is 2.47 bits per heavy atom. The van der Waals surface area contributed by atoms with Gasteiger partial charge in [-0.15, -0.1) is 0 Å². The van der Waals surface area contributed by atoms with E-state index in [4.69, 9.17) is 4.74 Å². The molecule has 0 aliphatic heterocycles. The van der Waals surface area contributed by atoms with Crippen LogP contribution in [0.4, 0.5) is 0 Å². The van der Waals surface area contributed by atoms with Crippen LogP contribution < -0.4 is 0 Å². The van der Waals surface area contributed by atoms with Crippen LogP contribution in [0.5, 0.6) is 0 Å². The van der Waals surface area contributed by atoms with Crippen LogP contribution in [0.2, 0.25) is 0 Å². The molecule has 0 aromatic heterocycles. The fraction of sp³-hybridized carbons (Fsp3) is 0.583. The standard InChI is InChI=1S/C12H20O2S/c1-10(2)5-4-6-11(3)7-8-14-12(13)9-15/h5,7,15H,4,6,8-9H2,1-3H3. The molecule has 0 unspecified atom stereocenters. The Balaban J connectivity index is 3.70. The molecule has 0 aromatic carbocycles. The molecule has 0 aromatic rings. The Labute approximate surface area is 97.8 Å². The van der Waals surface area contributed by atoms with Crippen molar-refractivity contribution < 1.29 is 9.53 Å². The summed E-state index contributed by atoms with van der Waals surface area (Å²) in [5.74, 6) is -0.128. The number of carbonyl (C=O) groups excluding carboxylic acids is 1. The summed E-state index contributed by atoms with van der Waals surface area (Å²) in [6.45, 7) is 6.59. The van der Waals surface area contributed by atoms with Crippen LogP contribution in [0, 0.1) is 0 Å². The Morgan fingerprint density at radius 2 is 1.93 bits per heavy atom. The SMILES string of the molecule is CC(C)=CCCC(C)=CCOC(=O)CS. The number of hydrogen-bond acceptors (Lipinski definition) is 3. The van der Waals surface area contributed by atoms with E-state index in [1.165, 1.54) is 11.1 Å². The molecule has 0 spiro atoms. The molecule has 86 valence electrons. The lowest BCUT2D eigenvalue weighted by Gasteiger charge is -2.01. The second-order valence-corrected chi connectivity index (χ2v) is 4.03. The van der Waals surface area contributed by atoms with E-state index in [1.807, 2.05) is 13.0 Å². The molecule has 0 rings (SSSR count). The summed E-state index contributed by atoms with van der Waals surface area (Å²) in [5, 5.41) is 0. The Kier molecular flexibility index (Phi) is 8.19. The fourth-order valence-electron chi connectivity index (χ4n) is 1.01. The largest absolute Gasteiger partial charge is 0.461 e. The molecule has 3 heteroatoms. The maximum absolute atomic E-state index is 10.8. The van der Waals surface area contributed by atoms with Crippen molar-refractivity contribution in [3.05, 3.63) is 23.3 Å². The van der Waals surface area contributed by atoms with Crippen molar-refractivity contribution in [1.29, 1.82) is 0 Å². The third-order valence-corrected chi connectivity index (χ3v) is 2.15. The fourth-order valence-corrected chi connectivity index (χ4v) is 1.10. The third-order valence-electron chi connectivity index (χ3n) is 1.90. The first-order chi connectivity index (χ1) is 7.06. The second kappa shape index (κ2) is 8.60. The van der Waals surface area contributed by atoms with Gasteiger partial charge in [-0.3, -0.25) is 4.79 Å². The minimum absolute atomic E-state index is 0.144. The Morgan fingerprint density at radius 1 is 1.27 bits per heavy atom. The maximum atomic E-state index is 10.8. The van der Waals surface area contributed by atoms with Gasteiger partial charge in [0.15, 0.2) is 0 Å². The number of carbonyl (C=O) groups is 1. The van der Waals surface area contributed by atoms with Crippen molar-refractivity contribution in [2.45, 2.75) is 33.6 Å². The number of hydrogen-bond donors (Lipinski definition) is 1. The van der Waals surface area contributed by atoms with Gasteiger partial charge in [0, 0.05) is 0 Å². The predicted octanol–water partition coefficient (Wildman–Crippen LogP) is 3.15. The molecule has 0 fully saturated rings. The van der Waals surface area contributed by atoms with Crippen LogP contribution in [-0.4, -0.2) is 18.3 Å². The molecule has 2 nitrogen and oxygen atoms in total. The van der Waals surface area contributed by atoms with Gasteiger partial charge in [-0.2, -0.15) is 12.6 Å². The Bertz CT molecular complexity index is 250. The summed E-state index contributed by atoms with van der Waals surface area (Å²) in [5.41, 5.74) is 2.59. The van der Waals surface area contributed by atoms with E-state index < -0.39 is 0 Å². The lowest BCUT2D eigenvalue weighted by molar-refractivity contribution is -0.139. The highest BCUT2D eigenvalue weighted by atomic mass is 32.1. The van der Waals surface area contributed by atoms with Crippen molar-refractivity contribution >= 4 is 18.6 Å². The van der Waals surface area contributed by atoms with Crippen molar-refractivity contribution in [2.24, 2.45) is 0 Å². The van der Waals surface area contributed by atoms with Crippen molar-refractivity contribution in [3.8, 4) is 0 Å². The molecule has 0 aliphatic rings. The van der Waals surface area contributed by atoms with Crippen LogP contribution in [-0.2, 0) is 9.53 Å². The van der Waals surface area contributed by atoms with Crippen molar-refractivity contribution in [1.82, 2.24) is 0 Å².